The van der Waals surface area contributed by atoms with E-state index in [2.05, 4.69) is 0 Å². The van der Waals surface area contributed by atoms with Crippen molar-refractivity contribution in [3.05, 3.63) is 58.6 Å². The van der Waals surface area contributed by atoms with Crippen molar-refractivity contribution in [1.82, 2.24) is 4.90 Å². The average Bonchev–Trinajstić information content (AvgIpc) is 3.38. The number of para-hydroxylation sites is 1. The molecule has 0 unspecified atom stereocenters. The second kappa shape index (κ2) is 9.25. The number of nitrogens with zero attached hydrogens (tertiary/aromatic N) is 2. The first-order chi connectivity index (χ1) is 15.9. The van der Waals surface area contributed by atoms with Gasteiger partial charge in [0, 0.05) is 25.6 Å². The van der Waals surface area contributed by atoms with E-state index in [9.17, 15) is 13.2 Å². The van der Waals surface area contributed by atoms with Crippen LogP contribution < -0.4 is 4.31 Å². The molecule has 1 amide bonds. The molecule has 176 valence electrons. The fourth-order valence-electron chi connectivity index (χ4n) is 4.90. The molecule has 2 aromatic rings. The number of halogens is 1. The van der Waals surface area contributed by atoms with Crippen LogP contribution >= 0.6 is 11.6 Å². The Balaban J connectivity index is 1.37. The topological polar surface area (TPSA) is 76.2 Å². The zero-order valence-electron chi connectivity index (χ0n) is 18.3. The van der Waals surface area contributed by atoms with Gasteiger partial charge in [0.15, 0.2) is 6.29 Å². The van der Waals surface area contributed by atoms with Crippen LogP contribution in [0.25, 0.3) is 0 Å². The SMILES string of the molecule is O=C(c1cc(S(=O)(=O)N2CCCc3ccccc32)ccc1Cl)N1CCC(C2OCCO2)CC1. The first-order valence-electron chi connectivity index (χ1n) is 11.4. The van der Waals surface area contributed by atoms with E-state index in [1.165, 1.54) is 22.5 Å². The summed E-state index contributed by atoms with van der Waals surface area (Å²) < 4.78 is 39.7. The zero-order valence-corrected chi connectivity index (χ0v) is 19.9. The first-order valence-corrected chi connectivity index (χ1v) is 13.2. The van der Waals surface area contributed by atoms with Gasteiger partial charge in [-0.1, -0.05) is 29.8 Å². The van der Waals surface area contributed by atoms with Crippen LogP contribution in [-0.2, 0) is 25.9 Å². The summed E-state index contributed by atoms with van der Waals surface area (Å²) in [5.41, 5.74) is 1.93. The van der Waals surface area contributed by atoms with Crippen molar-refractivity contribution >= 4 is 33.2 Å². The second-order valence-corrected chi connectivity index (χ2v) is 11.0. The largest absolute Gasteiger partial charge is 0.350 e. The molecule has 3 heterocycles. The third kappa shape index (κ3) is 4.37. The summed E-state index contributed by atoms with van der Waals surface area (Å²) in [7, 11) is -3.83. The Labute approximate surface area is 199 Å². The quantitative estimate of drug-likeness (QED) is 0.653. The number of sulfonamides is 1. The van der Waals surface area contributed by atoms with Crippen molar-refractivity contribution < 1.29 is 22.7 Å². The van der Waals surface area contributed by atoms with Crippen LogP contribution in [0.15, 0.2) is 47.4 Å². The van der Waals surface area contributed by atoms with E-state index in [4.69, 9.17) is 21.1 Å². The molecule has 0 N–H and O–H groups in total. The van der Waals surface area contributed by atoms with E-state index >= 15 is 0 Å². The molecular weight excluding hydrogens is 464 g/mol. The van der Waals surface area contributed by atoms with Gasteiger partial charge in [0.2, 0.25) is 0 Å². The van der Waals surface area contributed by atoms with Crippen molar-refractivity contribution in [2.75, 3.05) is 37.2 Å². The highest BCUT2D eigenvalue weighted by atomic mass is 35.5. The monoisotopic (exact) mass is 490 g/mol. The standard InChI is InChI=1S/C24H27ClN2O5S/c25-21-8-7-19(33(29,30)27-11-3-5-17-4-1-2-6-22(17)27)16-20(21)23(28)26-12-9-18(10-13-26)24-31-14-15-32-24/h1-2,4,6-8,16,18,24H,3,5,9-15H2. The molecule has 9 heteroatoms. The molecule has 0 bridgehead atoms. The Kier molecular flexibility index (Phi) is 6.35. The molecule has 5 rings (SSSR count). The summed E-state index contributed by atoms with van der Waals surface area (Å²) in [5, 5.41) is 0.252. The molecule has 0 aromatic heterocycles. The lowest BCUT2D eigenvalue weighted by Crippen LogP contribution is -2.41. The number of likely N-dealkylation sites (tertiary alicyclic amines) is 1. The van der Waals surface area contributed by atoms with Crippen molar-refractivity contribution in [3.63, 3.8) is 0 Å². The summed E-state index contributed by atoms with van der Waals surface area (Å²) in [6, 6.07) is 12.0. The zero-order chi connectivity index (χ0) is 23.0. The van der Waals surface area contributed by atoms with Crippen LogP contribution in [0.1, 0.15) is 35.2 Å². The Morgan fingerprint density at radius 2 is 1.73 bits per heavy atom. The molecule has 2 saturated heterocycles. The summed E-state index contributed by atoms with van der Waals surface area (Å²) in [4.78, 5) is 15.1. The molecule has 3 aliphatic rings. The van der Waals surface area contributed by atoms with Gasteiger partial charge in [-0.05, 0) is 55.5 Å². The number of ether oxygens (including phenoxy) is 2. The van der Waals surface area contributed by atoms with Gasteiger partial charge in [0.05, 0.1) is 34.4 Å². The van der Waals surface area contributed by atoms with Gasteiger partial charge in [-0.15, -0.1) is 0 Å². The normalized spacial score (nSPS) is 20.2. The number of anilines is 1. The molecule has 33 heavy (non-hydrogen) atoms. The molecule has 7 nitrogen and oxygen atoms in total. The Morgan fingerprint density at radius 1 is 1.00 bits per heavy atom. The van der Waals surface area contributed by atoms with Crippen LogP contribution in [-0.4, -0.2) is 58.4 Å². The summed E-state index contributed by atoms with van der Waals surface area (Å²) >= 11 is 6.36. The number of benzene rings is 2. The lowest BCUT2D eigenvalue weighted by atomic mass is 9.95. The lowest BCUT2D eigenvalue weighted by molar-refractivity contribution is -0.0956. The van der Waals surface area contributed by atoms with E-state index in [1.807, 2.05) is 24.3 Å². The van der Waals surface area contributed by atoms with E-state index in [0.29, 0.717) is 38.5 Å². The first kappa shape index (κ1) is 22.7. The van der Waals surface area contributed by atoms with Crippen molar-refractivity contribution in [3.8, 4) is 0 Å². The van der Waals surface area contributed by atoms with Crippen LogP contribution in [0.4, 0.5) is 5.69 Å². The Morgan fingerprint density at radius 3 is 2.48 bits per heavy atom. The number of rotatable bonds is 4. The number of hydrogen-bond acceptors (Lipinski definition) is 5. The smallest absolute Gasteiger partial charge is 0.264 e. The van der Waals surface area contributed by atoms with Crippen molar-refractivity contribution in [2.24, 2.45) is 5.92 Å². The number of piperidine rings is 1. The minimum atomic E-state index is -3.83. The van der Waals surface area contributed by atoms with Crippen LogP contribution in [0, 0.1) is 5.92 Å². The maximum atomic E-state index is 13.5. The fraction of sp³-hybridized carbons (Fsp3) is 0.458. The predicted octanol–water partition coefficient (Wildman–Crippen LogP) is 3.71. The fourth-order valence-corrected chi connectivity index (χ4v) is 6.66. The lowest BCUT2D eigenvalue weighted by Gasteiger charge is -2.34. The Bertz CT molecular complexity index is 1140. The summed E-state index contributed by atoms with van der Waals surface area (Å²) in [6.45, 7) is 2.74. The van der Waals surface area contributed by atoms with Gasteiger partial charge < -0.3 is 14.4 Å². The van der Waals surface area contributed by atoms with Gasteiger partial charge in [0.1, 0.15) is 0 Å². The Hall–Kier alpha value is -2.13. The number of aryl methyl sites for hydroxylation is 1. The molecule has 0 radical (unpaired) electrons. The minimum absolute atomic E-state index is 0.0783. The van der Waals surface area contributed by atoms with Gasteiger partial charge in [-0.2, -0.15) is 0 Å². The van der Waals surface area contributed by atoms with E-state index < -0.39 is 10.0 Å². The van der Waals surface area contributed by atoms with Crippen molar-refractivity contribution in [1.29, 1.82) is 0 Å². The highest BCUT2D eigenvalue weighted by molar-refractivity contribution is 7.92. The van der Waals surface area contributed by atoms with Crippen molar-refractivity contribution in [2.45, 2.75) is 36.9 Å². The molecule has 0 atom stereocenters. The molecular formula is C24H27ClN2O5S. The number of fused-ring (bicyclic) bond motifs is 1. The average molecular weight is 491 g/mol. The van der Waals surface area contributed by atoms with Crippen LogP contribution in [0.3, 0.4) is 0 Å². The number of hydrogen-bond donors (Lipinski definition) is 0. The molecule has 3 aliphatic heterocycles. The van der Waals surface area contributed by atoms with E-state index in [0.717, 1.165) is 31.2 Å². The molecule has 2 aromatic carbocycles. The van der Waals surface area contributed by atoms with Crippen LogP contribution in [0.2, 0.25) is 5.02 Å². The number of carbonyl (C=O) groups is 1. The van der Waals surface area contributed by atoms with Gasteiger partial charge in [0.25, 0.3) is 15.9 Å². The highest BCUT2D eigenvalue weighted by Crippen LogP contribution is 2.33. The molecule has 0 saturated carbocycles. The predicted molar refractivity (Wildman–Crippen MR) is 125 cm³/mol. The molecule has 2 fully saturated rings. The second-order valence-electron chi connectivity index (χ2n) is 8.69. The highest BCUT2D eigenvalue weighted by Gasteiger charge is 2.34. The summed E-state index contributed by atoms with van der Waals surface area (Å²) in [5.74, 6) is 0.0145. The molecule has 0 aliphatic carbocycles. The number of carbonyl (C=O) groups excluding carboxylic acids is 1. The van der Waals surface area contributed by atoms with Gasteiger partial charge in [-0.3, -0.25) is 9.10 Å². The third-order valence-corrected chi connectivity index (χ3v) is 8.82. The van der Waals surface area contributed by atoms with Gasteiger partial charge >= 0.3 is 0 Å². The third-order valence-electron chi connectivity index (χ3n) is 6.68. The van der Waals surface area contributed by atoms with Crippen LogP contribution in [0.5, 0.6) is 0 Å². The maximum Gasteiger partial charge on any atom is 0.264 e. The maximum absolute atomic E-state index is 13.5. The van der Waals surface area contributed by atoms with E-state index in [1.54, 1.807) is 4.90 Å². The molecule has 0 spiro atoms. The van der Waals surface area contributed by atoms with E-state index in [-0.39, 0.29) is 33.6 Å². The van der Waals surface area contributed by atoms with Gasteiger partial charge in [-0.25, -0.2) is 8.42 Å². The number of amides is 1. The minimum Gasteiger partial charge on any atom is -0.350 e. The summed E-state index contributed by atoms with van der Waals surface area (Å²) in [6.07, 6.45) is 2.96.